The monoisotopic (exact) mass is 417 g/mol. The van der Waals surface area contributed by atoms with Crippen molar-refractivity contribution in [2.24, 2.45) is 5.92 Å². The first kappa shape index (κ1) is 19.6. The Hall–Kier alpha value is -2.38. The van der Waals surface area contributed by atoms with Gasteiger partial charge in [-0.3, -0.25) is 4.79 Å². The molecule has 2 fully saturated rings. The van der Waals surface area contributed by atoms with Crippen LogP contribution in [0.1, 0.15) is 46.3 Å². The Labute approximate surface area is 172 Å². The van der Waals surface area contributed by atoms with Gasteiger partial charge in [-0.25, -0.2) is 0 Å². The van der Waals surface area contributed by atoms with Crippen LogP contribution in [0.3, 0.4) is 0 Å². The van der Waals surface area contributed by atoms with Crippen LogP contribution in [0.4, 0.5) is 18.9 Å². The Morgan fingerprint density at radius 1 is 1.07 bits per heavy atom. The normalized spacial score (nSPS) is 20.4. The van der Waals surface area contributed by atoms with Crippen molar-refractivity contribution in [1.29, 1.82) is 0 Å². The van der Waals surface area contributed by atoms with Gasteiger partial charge in [-0.15, -0.1) is 0 Å². The summed E-state index contributed by atoms with van der Waals surface area (Å²) in [7, 11) is 0. The van der Waals surface area contributed by atoms with E-state index in [4.69, 9.17) is 9.47 Å². The number of benzene rings is 2. The van der Waals surface area contributed by atoms with Gasteiger partial charge >= 0.3 is 6.18 Å². The Kier molecular flexibility index (Phi) is 4.63. The molecule has 2 aromatic carbocycles. The van der Waals surface area contributed by atoms with Crippen LogP contribution in [0.25, 0.3) is 0 Å². The molecule has 0 unspecified atom stereocenters. The molecule has 4 nitrogen and oxygen atoms in total. The highest BCUT2D eigenvalue weighted by Gasteiger charge is 2.47. The molecule has 2 aliphatic heterocycles. The second kappa shape index (κ2) is 7.10. The molecule has 0 bridgehead atoms. The summed E-state index contributed by atoms with van der Waals surface area (Å²) in [4.78, 5) is 15.3. The number of hydrogen-bond acceptors (Lipinski definition) is 4. The number of rotatable bonds is 4. The van der Waals surface area contributed by atoms with E-state index in [1.54, 1.807) is 12.1 Å². The second-order valence-electron chi connectivity index (χ2n) is 8.27. The number of anilines is 1. The number of ketones is 1. The average molecular weight is 417 g/mol. The van der Waals surface area contributed by atoms with E-state index in [0.717, 1.165) is 36.3 Å². The number of carbonyl (C=O) groups is 1. The van der Waals surface area contributed by atoms with Gasteiger partial charge in [0.25, 0.3) is 0 Å². The minimum Gasteiger partial charge on any atom is -0.365 e. The number of alkyl halides is 3. The third-order valence-electron chi connectivity index (χ3n) is 6.00. The number of ether oxygens (including phenoxy) is 2. The van der Waals surface area contributed by atoms with Gasteiger partial charge in [0.1, 0.15) is 0 Å². The maximum atomic E-state index is 13.1. The zero-order chi connectivity index (χ0) is 20.9. The molecule has 7 heteroatoms. The lowest BCUT2D eigenvalue weighted by Gasteiger charge is -2.34. The lowest BCUT2D eigenvalue weighted by molar-refractivity contribution is -0.265. The van der Waals surface area contributed by atoms with Gasteiger partial charge in [-0.05, 0) is 55.5 Å². The van der Waals surface area contributed by atoms with E-state index in [9.17, 15) is 18.0 Å². The third-order valence-corrected chi connectivity index (χ3v) is 6.00. The molecular formula is C23H22F3NO3. The van der Waals surface area contributed by atoms with Gasteiger partial charge in [-0.2, -0.15) is 13.2 Å². The van der Waals surface area contributed by atoms with E-state index in [1.807, 2.05) is 6.07 Å². The summed E-state index contributed by atoms with van der Waals surface area (Å²) in [5.41, 5.74) is 1.28. The molecule has 1 saturated heterocycles. The Morgan fingerprint density at radius 3 is 2.50 bits per heavy atom. The van der Waals surface area contributed by atoms with Crippen molar-refractivity contribution in [3.05, 3.63) is 64.7 Å². The number of fused-ring (bicyclic) bond motifs is 2. The van der Waals surface area contributed by atoms with E-state index in [1.165, 1.54) is 25.0 Å². The molecule has 3 aliphatic rings. The second-order valence-corrected chi connectivity index (χ2v) is 8.27. The van der Waals surface area contributed by atoms with Gasteiger partial charge in [0, 0.05) is 28.9 Å². The molecule has 158 valence electrons. The highest BCUT2D eigenvalue weighted by molar-refractivity contribution is 6.09. The predicted octanol–water partition coefficient (Wildman–Crippen LogP) is 4.76. The van der Waals surface area contributed by atoms with E-state index in [0.29, 0.717) is 31.2 Å². The summed E-state index contributed by atoms with van der Waals surface area (Å²) in [6, 6.07) is 9.82. The predicted molar refractivity (Wildman–Crippen MR) is 104 cm³/mol. The largest absolute Gasteiger partial charge is 0.416 e. The van der Waals surface area contributed by atoms with Crippen molar-refractivity contribution < 1.29 is 27.4 Å². The highest BCUT2D eigenvalue weighted by Crippen LogP contribution is 2.46. The lowest BCUT2D eigenvalue weighted by atomic mass is 9.97. The number of halogens is 3. The van der Waals surface area contributed by atoms with E-state index >= 15 is 0 Å². The zero-order valence-corrected chi connectivity index (χ0v) is 16.4. The van der Waals surface area contributed by atoms with Crippen LogP contribution in [0.2, 0.25) is 0 Å². The molecule has 30 heavy (non-hydrogen) atoms. The van der Waals surface area contributed by atoms with Crippen LogP contribution in [0.15, 0.2) is 42.5 Å². The summed E-state index contributed by atoms with van der Waals surface area (Å²) in [6.07, 6.45) is -1.26. The molecule has 1 spiro atoms. The Morgan fingerprint density at radius 2 is 1.80 bits per heavy atom. The van der Waals surface area contributed by atoms with E-state index in [-0.39, 0.29) is 5.56 Å². The Bertz CT molecular complexity index is 978. The molecule has 0 atom stereocenters. The third kappa shape index (κ3) is 3.50. The minimum absolute atomic E-state index is 0.0112. The van der Waals surface area contributed by atoms with Crippen molar-refractivity contribution in [3.8, 4) is 0 Å². The smallest absolute Gasteiger partial charge is 0.365 e. The number of hydrogen-bond donors (Lipinski definition) is 0. The van der Waals surface area contributed by atoms with Crippen LogP contribution < -0.4 is 4.90 Å². The van der Waals surface area contributed by atoms with Gasteiger partial charge < -0.3 is 14.4 Å². The van der Waals surface area contributed by atoms with Gasteiger partial charge in [0.2, 0.25) is 5.79 Å². The molecule has 0 radical (unpaired) electrons. The van der Waals surface area contributed by atoms with Crippen LogP contribution >= 0.6 is 0 Å². The van der Waals surface area contributed by atoms with Gasteiger partial charge in [-0.1, -0.05) is 12.1 Å². The highest BCUT2D eigenvalue weighted by atomic mass is 19.4. The summed E-state index contributed by atoms with van der Waals surface area (Å²) in [5, 5.41) is 0. The fraction of sp³-hybridized carbons (Fsp3) is 0.435. The van der Waals surface area contributed by atoms with Crippen molar-refractivity contribution in [1.82, 2.24) is 0 Å². The molecule has 0 amide bonds. The molecule has 2 heterocycles. The molecule has 1 saturated carbocycles. The summed E-state index contributed by atoms with van der Waals surface area (Å²) < 4.78 is 51.3. The molecule has 0 N–H and O–H groups in total. The first-order valence-electron chi connectivity index (χ1n) is 10.3. The molecule has 5 rings (SSSR count). The van der Waals surface area contributed by atoms with E-state index < -0.39 is 23.3 Å². The SMILES string of the molecule is O=C(c1cccc(C(F)(F)F)c1)c1ccc2c(c1)C1(CN2CC2CC2)OCCCO1. The summed E-state index contributed by atoms with van der Waals surface area (Å²) in [5.74, 6) is -0.689. The lowest BCUT2D eigenvalue weighted by Crippen LogP contribution is -2.42. The fourth-order valence-corrected chi connectivity index (χ4v) is 4.28. The van der Waals surface area contributed by atoms with Gasteiger partial charge in [0.05, 0.1) is 25.3 Å². The van der Waals surface area contributed by atoms with Crippen molar-refractivity contribution >= 4 is 11.5 Å². The molecule has 1 aliphatic carbocycles. The first-order valence-corrected chi connectivity index (χ1v) is 10.3. The molecule has 2 aromatic rings. The summed E-state index contributed by atoms with van der Waals surface area (Å²) in [6.45, 7) is 2.63. The van der Waals surface area contributed by atoms with Crippen LogP contribution in [0.5, 0.6) is 0 Å². The molecule has 0 aromatic heterocycles. The van der Waals surface area contributed by atoms with Crippen molar-refractivity contribution in [2.45, 2.75) is 31.2 Å². The molecular weight excluding hydrogens is 395 g/mol. The van der Waals surface area contributed by atoms with Crippen molar-refractivity contribution in [2.75, 3.05) is 31.2 Å². The standard InChI is InChI=1S/C23H22F3NO3/c24-23(25,26)18-4-1-3-16(11-18)21(28)17-7-8-20-19(12-17)22(29-9-2-10-30-22)14-27(20)13-15-5-6-15/h1,3-4,7-8,11-12,15H,2,5-6,9-10,13-14H2. The summed E-state index contributed by atoms with van der Waals surface area (Å²) >= 11 is 0. The Balaban J connectivity index is 1.51. The maximum absolute atomic E-state index is 13.1. The quantitative estimate of drug-likeness (QED) is 0.673. The number of nitrogens with zero attached hydrogens (tertiary/aromatic N) is 1. The van der Waals surface area contributed by atoms with Crippen LogP contribution in [0, 0.1) is 5.92 Å². The average Bonchev–Trinajstić information content (AvgIpc) is 3.52. The first-order chi connectivity index (χ1) is 14.4. The zero-order valence-electron chi connectivity index (χ0n) is 16.4. The van der Waals surface area contributed by atoms with E-state index in [2.05, 4.69) is 4.90 Å². The van der Waals surface area contributed by atoms with Crippen molar-refractivity contribution in [3.63, 3.8) is 0 Å². The van der Waals surface area contributed by atoms with Crippen LogP contribution in [-0.4, -0.2) is 32.1 Å². The topological polar surface area (TPSA) is 38.8 Å². The fourth-order valence-electron chi connectivity index (χ4n) is 4.28. The van der Waals surface area contributed by atoms with Crippen LogP contribution in [-0.2, 0) is 21.4 Å². The minimum atomic E-state index is -4.49. The maximum Gasteiger partial charge on any atom is 0.416 e. The van der Waals surface area contributed by atoms with Gasteiger partial charge in [0.15, 0.2) is 5.78 Å². The number of carbonyl (C=O) groups excluding carboxylic acids is 1.